The van der Waals surface area contributed by atoms with Crippen LogP contribution in [-0.2, 0) is 6.42 Å². The number of hydrogen-bond donors (Lipinski definition) is 1. The zero-order chi connectivity index (χ0) is 16.4. The highest BCUT2D eigenvalue weighted by Gasteiger charge is 2.22. The fourth-order valence-corrected chi connectivity index (χ4v) is 3.03. The van der Waals surface area contributed by atoms with Gasteiger partial charge in [-0.15, -0.1) is 10.2 Å². The summed E-state index contributed by atoms with van der Waals surface area (Å²) >= 11 is 0. The van der Waals surface area contributed by atoms with Crippen LogP contribution >= 0.6 is 0 Å². The van der Waals surface area contributed by atoms with Gasteiger partial charge < -0.3 is 5.32 Å². The van der Waals surface area contributed by atoms with E-state index < -0.39 is 0 Å². The van der Waals surface area contributed by atoms with Gasteiger partial charge in [0.1, 0.15) is 12.7 Å². The number of rotatable bonds is 3. The zero-order valence-electron chi connectivity index (χ0n) is 13.0. The van der Waals surface area contributed by atoms with Gasteiger partial charge in [-0.1, -0.05) is 24.3 Å². The minimum atomic E-state index is -0.214. The van der Waals surface area contributed by atoms with Crippen molar-refractivity contribution >= 4 is 5.91 Å². The summed E-state index contributed by atoms with van der Waals surface area (Å²) < 4.78 is 1.49. The third-order valence-corrected chi connectivity index (χ3v) is 4.21. The Labute approximate surface area is 138 Å². The number of hydrogen-bond acceptors (Lipinski definition) is 5. The molecule has 0 spiro atoms. The lowest BCUT2D eigenvalue weighted by molar-refractivity contribution is 0.0926. The normalized spacial score (nSPS) is 16.4. The standard InChI is InChI=1S/C17H16N6O/c24-17(15-8-9-16(22-21-15)23-11-18-10-19-23)20-14-7-3-5-12-4-1-2-6-13(12)14/h1-2,4,6,8-11,14H,3,5,7H2,(H,20,24)/t14-/m1/s1. The van der Waals surface area contributed by atoms with Crippen LogP contribution in [0.2, 0.25) is 0 Å². The summed E-state index contributed by atoms with van der Waals surface area (Å²) in [7, 11) is 0. The molecule has 1 amide bonds. The minimum Gasteiger partial charge on any atom is -0.344 e. The van der Waals surface area contributed by atoms with Gasteiger partial charge in [-0.3, -0.25) is 4.79 Å². The van der Waals surface area contributed by atoms with Crippen LogP contribution in [0.3, 0.4) is 0 Å². The monoisotopic (exact) mass is 320 g/mol. The molecule has 4 rings (SSSR count). The summed E-state index contributed by atoms with van der Waals surface area (Å²) in [4.78, 5) is 16.3. The number of nitrogens with zero attached hydrogens (tertiary/aromatic N) is 5. The molecule has 0 aliphatic heterocycles. The van der Waals surface area contributed by atoms with E-state index in [0.29, 0.717) is 11.5 Å². The summed E-state index contributed by atoms with van der Waals surface area (Å²) in [5.74, 6) is 0.307. The van der Waals surface area contributed by atoms with Crippen molar-refractivity contribution in [1.82, 2.24) is 30.3 Å². The predicted octanol–water partition coefficient (Wildman–Crippen LogP) is 1.86. The molecular weight excluding hydrogens is 304 g/mol. The first-order chi connectivity index (χ1) is 11.8. The number of aromatic nitrogens is 5. The molecule has 1 atom stereocenters. The molecule has 1 N–H and O–H groups in total. The minimum absolute atomic E-state index is 0.0271. The number of fused-ring (bicyclic) bond motifs is 1. The van der Waals surface area contributed by atoms with E-state index >= 15 is 0 Å². The van der Waals surface area contributed by atoms with Crippen molar-refractivity contribution in [2.75, 3.05) is 0 Å². The topological polar surface area (TPSA) is 85.6 Å². The van der Waals surface area contributed by atoms with Crippen molar-refractivity contribution in [2.24, 2.45) is 0 Å². The molecule has 0 saturated carbocycles. The molecule has 1 aromatic carbocycles. The van der Waals surface area contributed by atoms with Crippen molar-refractivity contribution in [2.45, 2.75) is 25.3 Å². The third-order valence-electron chi connectivity index (χ3n) is 4.21. The molecule has 3 aromatic rings. The maximum Gasteiger partial charge on any atom is 0.272 e. The second-order valence-corrected chi connectivity index (χ2v) is 5.73. The van der Waals surface area contributed by atoms with Gasteiger partial charge in [0.2, 0.25) is 0 Å². The second kappa shape index (κ2) is 6.19. The Morgan fingerprint density at radius 1 is 1.17 bits per heavy atom. The van der Waals surface area contributed by atoms with Gasteiger partial charge in [-0.25, -0.2) is 9.67 Å². The van der Waals surface area contributed by atoms with Crippen LogP contribution < -0.4 is 5.32 Å². The summed E-state index contributed by atoms with van der Waals surface area (Å²) in [5.41, 5.74) is 2.80. The van der Waals surface area contributed by atoms with Gasteiger partial charge in [0.05, 0.1) is 6.04 Å². The van der Waals surface area contributed by atoms with Crippen LogP contribution in [0.15, 0.2) is 49.1 Å². The Morgan fingerprint density at radius 3 is 2.88 bits per heavy atom. The quantitative estimate of drug-likeness (QED) is 0.796. The summed E-state index contributed by atoms with van der Waals surface area (Å²) in [6.45, 7) is 0. The second-order valence-electron chi connectivity index (χ2n) is 5.73. The highest BCUT2D eigenvalue weighted by molar-refractivity contribution is 5.92. The van der Waals surface area contributed by atoms with E-state index in [1.807, 2.05) is 12.1 Å². The molecule has 120 valence electrons. The number of carbonyl (C=O) groups excluding carboxylic acids is 1. The fraction of sp³-hybridized carbons (Fsp3) is 0.235. The average molecular weight is 320 g/mol. The SMILES string of the molecule is O=C(N[C@@H]1CCCc2ccccc21)c1ccc(-n2cncn2)nn1. The summed E-state index contributed by atoms with van der Waals surface area (Å²) in [6.07, 6.45) is 6.02. The van der Waals surface area contributed by atoms with E-state index in [1.165, 1.54) is 28.5 Å². The molecule has 7 heteroatoms. The van der Waals surface area contributed by atoms with E-state index in [4.69, 9.17) is 0 Å². The first-order valence-corrected chi connectivity index (χ1v) is 7.88. The van der Waals surface area contributed by atoms with Gasteiger partial charge >= 0.3 is 0 Å². The first-order valence-electron chi connectivity index (χ1n) is 7.88. The van der Waals surface area contributed by atoms with Crippen molar-refractivity contribution < 1.29 is 4.79 Å². The first kappa shape index (κ1) is 14.5. The Kier molecular flexibility index (Phi) is 3.74. The zero-order valence-corrected chi connectivity index (χ0v) is 13.0. The van der Waals surface area contributed by atoms with Crippen LogP contribution in [-0.4, -0.2) is 30.9 Å². The number of amides is 1. The number of aryl methyl sites for hydroxylation is 1. The number of benzene rings is 1. The lowest BCUT2D eigenvalue weighted by Crippen LogP contribution is -2.31. The lowest BCUT2D eigenvalue weighted by Gasteiger charge is -2.26. The molecule has 0 radical (unpaired) electrons. The largest absolute Gasteiger partial charge is 0.344 e. The average Bonchev–Trinajstić information content (AvgIpc) is 3.17. The van der Waals surface area contributed by atoms with Crippen LogP contribution in [0.5, 0.6) is 0 Å². The van der Waals surface area contributed by atoms with Crippen molar-refractivity contribution in [3.63, 3.8) is 0 Å². The summed E-state index contributed by atoms with van der Waals surface area (Å²) in [6, 6.07) is 11.6. The Hall–Kier alpha value is -3.09. The van der Waals surface area contributed by atoms with Crippen molar-refractivity contribution in [3.8, 4) is 5.82 Å². The molecule has 1 aliphatic carbocycles. The van der Waals surface area contributed by atoms with E-state index in [-0.39, 0.29) is 11.9 Å². The van der Waals surface area contributed by atoms with Gasteiger partial charge in [-0.2, -0.15) is 5.10 Å². The Balaban J connectivity index is 1.51. The fourth-order valence-electron chi connectivity index (χ4n) is 3.03. The molecule has 0 fully saturated rings. The number of carbonyl (C=O) groups is 1. The van der Waals surface area contributed by atoms with E-state index in [9.17, 15) is 4.79 Å². The highest BCUT2D eigenvalue weighted by atomic mass is 16.2. The molecule has 2 heterocycles. The predicted molar refractivity (Wildman–Crippen MR) is 86.5 cm³/mol. The van der Waals surface area contributed by atoms with Crippen LogP contribution in [0.4, 0.5) is 0 Å². The smallest absolute Gasteiger partial charge is 0.272 e. The van der Waals surface area contributed by atoms with Gasteiger partial charge in [0.25, 0.3) is 5.91 Å². The number of nitrogens with one attached hydrogen (secondary N) is 1. The van der Waals surface area contributed by atoms with Crippen LogP contribution in [0.25, 0.3) is 5.82 Å². The van der Waals surface area contributed by atoms with Crippen molar-refractivity contribution in [3.05, 3.63) is 65.9 Å². The summed E-state index contributed by atoms with van der Waals surface area (Å²) in [5, 5.41) is 15.1. The Bertz CT molecular complexity index is 844. The highest BCUT2D eigenvalue weighted by Crippen LogP contribution is 2.29. The van der Waals surface area contributed by atoms with Gasteiger partial charge in [-0.05, 0) is 42.5 Å². The maximum absolute atomic E-state index is 12.5. The molecule has 0 unspecified atom stereocenters. The lowest BCUT2D eigenvalue weighted by atomic mass is 9.87. The van der Waals surface area contributed by atoms with Gasteiger partial charge in [0.15, 0.2) is 11.5 Å². The van der Waals surface area contributed by atoms with Crippen LogP contribution in [0.1, 0.15) is 40.5 Å². The molecule has 1 aliphatic rings. The molecule has 7 nitrogen and oxygen atoms in total. The molecule has 24 heavy (non-hydrogen) atoms. The van der Waals surface area contributed by atoms with E-state index in [0.717, 1.165) is 19.3 Å². The molecule has 0 bridgehead atoms. The molecule has 2 aromatic heterocycles. The van der Waals surface area contributed by atoms with E-state index in [1.54, 1.807) is 12.1 Å². The van der Waals surface area contributed by atoms with E-state index in [2.05, 4.69) is 37.7 Å². The Morgan fingerprint density at radius 2 is 2.08 bits per heavy atom. The maximum atomic E-state index is 12.5. The van der Waals surface area contributed by atoms with Gasteiger partial charge in [0, 0.05) is 0 Å². The third kappa shape index (κ3) is 2.76. The van der Waals surface area contributed by atoms with Crippen molar-refractivity contribution in [1.29, 1.82) is 0 Å². The van der Waals surface area contributed by atoms with Crippen LogP contribution in [0, 0.1) is 0 Å². The molecular formula is C17H16N6O. The molecule has 0 saturated heterocycles.